The number of rotatable bonds is 3. The van der Waals surface area contributed by atoms with Crippen LogP contribution in [0, 0.1) is 12.8 Å². The average Bonchev–Trinajstić information content (AvgIpc) is 2.61. The molecule has 1 aliphatic rings. The second kappa shape index (κ2) is 6.46. The molecule has 0 N–H and O–H groups in total. The zero-order valence-corrected chi connectivity index (χ0v) is 14.1. The highest BCUT2D eigenvalue weighted by Crippen LogP contribution is 2.23. The van der Waals surface area contributed by atoms with Crippen molar-refractivity contribution in [3.8, 4) is 0 Å². The number of hydrogen-bond donors (Lipinski definition) is 0. The van der Waals surface area contributed by atoms with Gasteiger partial charge in [0.2, 0.25) is 10.0 Å². The van der Waals surface area contributed by atoms with Crippen molar-refractivity contribution in [3.63, 3.8) is 0 Å². The average molecular weight is 311 g/mol. The minimum Gasteiger partial charge on any atom is -0.374 e. The van der Waals surface area contributed by atoms with Gasteiger partial charge in [0.15, 0.2) is 0 Å². The molecule has 0 bridgehead atoms. The van der Waals surface area contributed by atoms with Crippen molar-refractivity contribution < 1.29 is 13.2 Å². The van der Waals surface area contributed by atoms with Crippen LogP contribution < -0.4 is 0 Å². The summed E-state index contributed by atoms with van der Waals surface area (Å²) < 4.78 is 33.0. The molecule has 1 fully saturated rings. The van der Waals surface area contributed by atoms with Crippen molar-refractivity contribution in [1.82, 2.24) is 4.31 Å². The Balaban J connectivity index is 2.22. The van der Waals surface area contributed by atoms with Crippen molar-refractivity contribution in [2.75, 3.05) is 13.1 Å². The summed E-state index contributed by atoms with van der Waals surface area (Å²) in [6.07, 6.45) is 0.783. The lowest BCUT2D eigenvalue weighted by Crippen LogP contribution is -2.35. The summed E-state index contributed by atoms with van der Waals surface area (Å²) in [5, 5.41) is 0. The number of nitrogens with zero attached hydrogens (tertiary/aromatic N) is 1. The molecule has 5 heteroatoms. The van der Waals surface area contributed by atoms with Crippen LogP contribution in [0.5, 0.6) is 0 Å². The summed E-state index contributed by atoms with van der Waals surface area (Å²) in [6, 6.07) is 7.03. The van der Waals surface area contributed by atoms with Crippen LogP contribution in [0.4, 0.5) is 0 Å². The molecule has 118 valence electrons. The van der Waals surface area contributed by atoms with Crippen molar-refractivity contribution in [1.29, 1.82) is 0 Å². The summed E-state index contributed by atoms with van der Waals surface area (Å²) in [5.74, 6) is 0.398. The van der Waals surface area contributed by atoms with Crippen LogP contribution in [0.1, 0.15) is 32.8 Å². The molecule has 1 saturated heterocycles. The Kier molecular flexibility index (Phi) is 5.07. The lowest BCUT2D eigenvalue weighted by Gasteiger charge is -2.22. The molecular weight excluding hydrogens is 286 g/mol. The minimum absolute atomic E-state index is 0.0832. The van der Waals surface area contributed by atoms with Crippen LogP contribution in [0.3, 0.4) is 0 Å². The van der Waals surface area contributed by atoms with Crippen LogP contribution in [-0.2, 0) is 14.8 Å². The van der Waals surface area contributed by atoms with E-state index in [-0.39, 0.29) is 12.2 Å². The summed E-state index contributed by atoms with van der Waals surface area (Å²) in [4.78, 5) is 0.364. The van der Waals surface area contributed by atoms with Crippen molar-refractivity contribution in [3.05, 3.63) is 29.8 Å². The summed E-state index contributed by atoms with van der Waals surface area (Å²) in [7, 11) is -3.43. The standard InChI is InChI=1S/C16H25NO3S/c1-12(2)16-9-10-17(11-14(4)20-16)21(18,19)15-7-5-13(3)6-8-15/h5-8,12,14,16H,9-11H2,1-4H3/t14-,16-/m1/s1. The largest absolute Gasteiger partial charge is 0.374 e. The molecule has 4 nitrogen and oxygen atoms in total. The second-order valence-electron chi connectivity index (χ2n) is 6.19. The molecule has 2 atom stereocenters. The van der Waals surface area contributed by atoms with E-state index < -0.39 is 10.0 Å². The van der Waals surface area contributed by atoms with E-state index in [2.05, 4.69) is 13.8 Å². The zero-order valence-electron chi connectivity index (χ0n) is 13.2. The van der Waals surface area contributed by atoms with Crippen LogP contribution in [0.25, 0.3) is 0 Å². The van der Waals surface area contributed by atoms with Gasteiger partial charge in [0.05, 0.1) is 17.1 Å². The zero-order chi connectivity index (χ0) is 15.6. The number of benzene rings is 1. The van der Waals surface area contributed by atoms with Crippen molar-refractivity contribution in [2.24, 2.45) is 5.92 Å². The fraction of sp³-hybridized carbons (Fsp3) is 0.625. The van der Waals surface area contributed by atoms with E-state index in [1.165, 1.54) is 0 Å². The molecular formula is C16H25NO3S. The normalized spacial score (nSPS) is 25.0. The molecule has 1 aromatic rings. The monoisotopic (exact) mass is 311 g/mol. The van der Waals surface area contributed by atoms with E-state index >= 15 is 0 Å². The van der Waals surface area contributed by atoms with E-state index in [4.69, 9.17) is 4.74 Å². The molecule has 1 heterocycles. The van der Waals surface area contributed by atoms with Crippen LogP contribution in [-0.4, -0.2) is 38.0 Å². The third kappa shape index (κ3) is 3.84. The number of aryl methyl sites for hydroxylation is 1. The van der Waals surface area contributed by atoms with E-state index in [1.807, 2.05) is 26.0 Å². The van der Waals surface area contributed by atoms with Gasteiger partial charge in [-0.2, -0.15) is 4.31 Å². The third-order valence-corrected chi connectivity index (χ3v) is 5.81. The summed E-state index contributed by atoms with van der Waals surface area (Å²) in [6.45, 7) is 9.05. The third-order valence-electron chi connectivity index (χ3n) is 3.93. The first kappa shape index (κ1) is 16.5. The molecule has 0 aliphatic carbocycles. The molecule has 0 radical (unpaired) electrons. The summed E-state index contributed by atoms with van der Waals surface area (Å²) in [5.41, 5.74) is 1.06. The molecule has 2 rings (SSSR count). The van der Waals surface area contributed by atoms with Gasteiger partial charge in [-0.25, -0.2) is 8.42 Å². The maximum Gasteiger partial charge on any atom is 0.243 e. The number of sulfonamides is 1. The predicted octanol–water partition coefficient (Wildman–Crippen LogP) is 2.82. The van der Waals surface area contributed by atoms with Gasteiger partial charge < -0.3 is 4.74 Å². The SMILES string of the molecule is Cc1ccc(S(=O)(=O)N2CC[C@H](C(C)C)O[C@H](C)C2)cc1. The summed E-state index contributed by atoms with van der Waals surface area (Å²) >= 11 is 0. The Hall–Kier alpha value is -0.910. The first-order valence-electron chi connectivity index (χ1n) is 7.53. The van der Waals surface area contributed by atoms with E-state index in [0.717, 1.165) is 12.0 Å². The Labute approximate surface area is 128 Å². The Morgan fingerprint density at radius 2 is 1.86 bits per heavy atom. The highest BCUT2D eigenvalue weighted by atomic mass is 32.2. The van der Waals surface area contributed by atoms with Crippen LogP contribution in [0.15, 0.2) is 29.2 Å². The minimum atomic E-state index is -3.43. The van der Waals surface area contributed by atoms with Gasteiger partial charge in [0.1, 0.15) is 0 Å². The predicted molar refractivity (Wildman–Crippen MR) is 83.7 cm³/mol. The molecule has 0 unspecified atom stereocenters. The van der Waals surface area contributed by atoms with Gasteiger partial charge in [0, 0.05) is 13.1 Å². The molecule has 0 spiro atoms. The van der Waals surface area contributed by atoms with Gasteiger partial charge in [-0.1, -0.05) is 31.5 Å². The van der Waals surface area contributed by atoms with Crippen molar-refractivity contribution in [2.45, 2.75) is 51.2 Å². The Morgan fingerprint density at radius 3 is 2.43 bits per heavy atom. The van der Waals surface area contributed by atoms with Crippen LogP contribution >= 0.6 is 0 Å². The number of hydrogen-bond acceptors (Lipinski definition) is 3. The molecule has 21 heavy (non-hydrogen) atoms. The Morgan fingerprint density at radius 1 is 1.24 bits per heavy atom. The highest BCUT2D eigenvalue weighted by Gasteiger charge is 2.31. The molecule has 0 saturated carbocycles. The van der Waals surface area contributed by atoms with E-state index in [9.17, 15) is 8.42 Å². The van der Waals surface area contributed by atoms with Gasteiger partial charge in [-0.3, -0.25) is 0 Å². The van der Waals surface area contributed by atoms with E-state index in [1.54, 1.807) is 16.4 Å². The maximum atomic E-state index is 12.7. The van der Waals surface area contributed by atoms with Gasteiger partial charge in [-0.05, 0) is 38.3 Å². The lowest BCUT2D eigenvalue weighted by molar-refractivity contribution is -0.0178. The quantitative estimate of drug-likeness (QED) is 0.862. The highest BCUT2D eigenvalue weighted by molar-refractivity contribution is 7.89. The fourth-order valence-electron chi connectivity index (χ4n) is 2.63. The molecule has 0 aromatic heterocycles. The topological polar surface area (TPSA) is 46.6 Å². The first-order valence-corrected chi connectivity index (χ1v) is 8.97. The van der Waals surface area contributed by atoms with Gasteiger partial charge >= 0.3 is 0 Å². The fourth-order valence-corrected chi connectivity index (χ4v) is 4.16. The molecule has 1 aliphatic heterocycles. The molecule has 1 aromatic carbocycles. The molecule has 0 amide bonds. The lowest BCUT2D eigenvalue weighted by atomic mass is 10.0. The first-order chi connectivity index (χ1) is 9.80. The Bertz CT molecular complexity index is 566. The van der Waals surface area contributed by atoms with E-state index in [0.29, 0.717) is 23.9 Å². The maximum absolute atomic E-state index is 12.7. The number of ether oxygens (including phenoxy) is 1. The van der Waals surface area contributed by atoms with Gasteiger partial charge in [0.25, 0.3) is 0 Å². The van der Waals surface area contributed by atoms with Crippen LogP contribution in [0.2, 0.25) is 0 Å². The smallest absolute Gasteiger partial charge is 0.243 e. The van der Waals surface area contributed by atoms with Crippen molar-refractivity contribution >= 4 is 10.0 Å². The van der Waals surface area contributed by atoms with Gasteiger partial charge in [-0.15, -0.1) is 0 Å². The second-order valence-corrected chi connectivity index (χ2v) is 8.13.